The van der Waals surface area contributed by atoms with Crippen LogP contribution in [0.5, 0.6) is 5.88 Å². The van der Waals surface area contributed by atoms with E-state index in [2.05, 4.69) is 23.3 Å². The molecule has 2 aliphatic rings. The molecule has 1 spiro atoms. The average molecular weight is 393 g/mol. The second-order valence-corrected chi connectivity index (χ2v) is 9.31. The minimum absolute atomic E-state index is 0.0687. The van der Waals surface area contributed by atoms with Crippen molar-refractivity contribution in [3.05, 3.63) is 44.7 Å². The lowest BCUT2D eigenvalue weighted by Crippen LogP contribution is -2.47. The molecule has 1 fully saturated rings. The summed E-state index contributed by atoms with van der Waals surface area (Å²) >= 11 is 8.19. The number of fused-ring (bicyclic) bond motifs is 2. The zero-order chi connectivity index (χ0) is 18.1. The predicted octanol–water partition coefficient (Wildman–Crippen LogP) is 4.61. The van der Waals surface area contributed by atoms with Gasteiger partial charge in [0.15, 0.2) is 0 Å². The number of ether oxygens (including phenoxy) is 1. The largest absolute Gasteiger partial charge is 0.493 e. The Balaban J connectivity index is 1.73. The van der Waals surface area contributed by atoms with Gasteiger partial charge < -0.3 is 15.2 Å². The predicted molar refractivity (Wildman–Crippen MR) is 105 cm³/mol. The molecule has 0 radical (unpaired) electrons. The minimum Gasteiger partial charge on any atom is -0.493 e. The Hall–Kier alpha value is -1.14. The first-order valence-electron chi connectivity index (χ1n) is 9.33. The standard InChI is InChI=1S/C20H25ClN2O2S/c1-13-10-20(11-16(23-13)15-3-4-18(24)22-12-15)6-2-7-25-8-5-14-9-17(21)26-19(14)20/h3-4,9,12-13,16,23H,2,5-8,10-11H2,1H3,(H,22,24). The fraction of sp³-hybridized carbons (Fsp3) is 0.550. The zero-order valence-electron chi connectivity index (χ0n) is 15.0. The van der Waals surface area contributed by atoms with Crippen molar-refractivity contribution in [3.8, 4) is 5.88 Å². The molecule has 2 aromatic heterocycles. The monoisotopic (exact) mass is 392 g/mol. The summed E-state index contributed by atoms with van der Waals surface area (Å²) in [6, 6.07) is 6.42. The summed E-state index contributed by atoms with van der Waals surface area (Å²) in [7, 11) is 0. The van der Waals surface area contributed by atoms with E-state index >= 15 is 0 Å². The minimum atomic E-state index is 0.0687. The van der Waals surface area contributed by atoms with Crippen LogP contribution in [0, 0.1) is 0 Å². The maximum Gasteiger partial charge on any atom is 0.210 e. The fourth-order valence-corrected chi connectivity index (χ4v) is 6.21. The number of rotatable bonds is 1. The van der Waals surface area contributed by atoms with E-state index < -0.39 is 0 Å². The summed E-state index contributed by atoms with van der Waals surface area (Å²) in [5.41, 5.74) is 2.61. The van der Waals surface area contributed by atoms with E-state index in [0.717, 1.165) is 55.2 Å². The summed E-state index contributed by atoms with van der Waals surface area (Å²) in [5, 5.41) is 13.3. The zero-order valence-corrected chi connectivity index (χ0v) is 16.6. The Morgan fingerprint density at radius 3 is 3.04 bits per heavy atom. The highest BCUT2D eigenvalue weighted by Crippen LogP contribution is 2.50. The van der Waals surface area contributed by atoms with Crippen LogP contribution in [0.4, 0.5) is 0 Å². The summed E-state index contributed by atoms with van der Waals surface area (Å²) in [6.07, 6.45) is 7.05. The van der Waals surface area contributed by atoms with Gasteiger partial charge in [-0.25, -0.2) is 4.98 Å². The van der Waals surface area contributed by atoms with Crippen LogP contribution in [0.25, 0.3) is 0 Å². The van der Waals surface area contributed by atoms with Crippen LogP contribution in [0.3, 0.4) is 0 Å². The van der Waals surface area contributed by atoms with E-state index in [0.29, 0.717) is 6.04 Å². The van der Waals surface area contributed by atoms with E-state index in [1.54, 1.807) is 23.6 Å². The quantitative estimate of drug-likeness (QED) is 0.744. The number of nitrogens with one attached hydrogen (secondary N) is 1. The van der Waals surface area contributed by atoms with E-state index in [1.165, 1.54) is 10.4 Å². The van der Waals surface area contributed by atoms with Gasteiger partial charge >= 0.3 is 0 Å². The third kappa shape index (κ3) is 3.63. The smallest absolute Gasteiger partial charge is 0.210 e. The summed E-state index contributed by atoms with van der Waals surface area (Å²) in [5.74, 6) is 0.0687. The highest BCUT2D eigenvalue weighted by molar-refractivity contribution is 7.16. The van der Waals surface area contributed by atoms with Gasteiger partial charge in [0.1, 0.15) is 0 Å². The normalized spacial score (nSPS) is 29.6. The van der Waals surface area contributed by atoms with Crippen LogP contribution in [0.2, 0.25) is 4.34 Å². The van der Waals surface area contributed by atoms with Gasteiger partial charge in [-0.1, -0.05) is 17.7 Å². The first-order valence-corrected chi connectivity index (χ1v) is 10.5. The molecule has 6 heteroatoms. The average Bonchev–Trinajstić information content (AvgIpc) is 3.01. The van der Waals surface area contributed by atoms with Gasteiger partial charge in [0.2, 0.25) is 5.88 Å². The van der Waals surface area contributed by atoms with Gasteiger partial charge in [-0.05, 0) is 56.2 Å². The van der Waals surface area contributed by atoms with Gasteiger partial charge in [0, 0.05) is 41.2 Å². The lowest BCUT2D eigenvalue weighted by Gasteiger charge is -2.45. The second kappa shape index (κ2) is 7.47. The maximum atomic E-state index is 9.52. The molecule has 3 atom stereocenters. The van der Waals surface area contributed by atoms with Gasteiger partial charge in [0.05, 0.1) is 10.9 Å². The van der Waals surface area contributed by atoms with Gasteiger partial charge in [-0.2, -0.15) is 0 Å². The van der Waals surface area contributed by atoms with Crippen molar-refractivity contribution in [1.82, 2.24) is 10.3 Å². The molecule has 0 aromatic carbocycles. The van der Waals surface area contributed by atoms with E-state index in [9.17, 15) is 5.11 Å². The topological polar surface area (TPSA) is 54.4 Å². The number of pyridine rings is 1. The molecule has 2 N–H and O–H groups in total. The number of piperidine rings is 1. The van der Waals surface area contributed by atoms with Crippen LogP contribution in [-0.2, 0) is 16.6 Å². The number of hydrogen-bond donors (Lipinski definition) is 2. The highest BCUT2D eigenvalue weighted by atomic mass is 35.5. The number of thiophene rings is 1. The molecule has 0 saturated carbocycles. The first kappa shape index (κ1) is 18.2. The molecule has 4 heterocycles. The molecule has 1 saturated heterocycles. The lowest BCUT2D eigenvalue weighted by atomic mass is 9.68. The van der Waals surface area contributed by atoms with Crippen molar-refractivity contribution in [2.75, 3.05) is 13.2 Å². The molecule has 0 amide bonds. The SMILES string of the molecule is CC1CC2(CCCOCCc3cc(Cl)sc32)CC(c2ccc(O)nc2)N1. The fourth-order valence-electron chi connectivity index (χ4n) is 4.67. The molecule has 2 aliphatic heterocycles. The van der Waals surface area contributed by atoms with Crippen LogP contribution in [-0.4, -0.2) is 29.3 Å². The highest BCUT2D eigenvalue weighted by Gasteiger charge is 2.43. The van der Waals surface area contributed by atoms with Crippen molar-refractivity contribution in [2.24, 2.45) is 0 Å². The molecule has 3 unspecified atom stereocenters. The number of aromatic hydroxyl groups is 1. The first-order chi connectivity index (χ1) is 12.6. The van der Waals surface area contributed by atoms with Crippen LogP contribution >= 0.6 is 22.9 Å². The Kier molecular flexibility index (Phi) is 5.24. The molecule has 2 aromatic rings. The Bertz CT molecular complexity index is 764. The van der Waals surface area contributed by atoms with Crippen LogP contribution in [0.1, 0.15) is 54.7 Å². The van der Waals surface area contributed by atoms with Crippen LogP contribution < -0.4 is 5.32 Å². The number of nitrogens with zero attached hydrogens (tertiary/aromatic N) is 1. The molecule has 0 bridgehead atoms. The van der Waals surface area contributed by atoms with Gasteiger partial charge in [-0.3, -0.25) is 0 Å². The summed E-state index contributed by atoms with van der Waals surface area (Å²) in [6.45, 7) is 3.87. The second-order valence-electron chi connectivity index (χ2n) is 7.63. The van der Waals surface area contributed by atoms with E-state index in [-0.39, 0.29) is 17.3 Å². The van der Waals surface area contributed by atoms with Crippen LogP contribution in [0.15, 0.2) is 24.4 Å². The molecule has 26 heavy (non-hydrogen) atoms. The van der Waals surface area contributed by atoms with E-state index in [4.69, 9.17) is 16.3 Å². The van der Waals surface area contributed by atoms with Crippen molar-refractivity contribution >= 4 is 22.9 Å². The summed E-state index contributed by atoms with van der Waals surface area (Å²) in [4.78, 5) is 5.54. The molecular weight excluding hydrogens is 368 g/mol. The third-order valence-corrected chi connectivity index (χ3v) is 7.22. The molecule has 0 aliphatic carbocycles. The van der Waals surface area contributed by atoms with Crippen molar-refractivity contribution in [3.63, 3.8) is 0 Å². The van der Waals surface area contributed by atoms with Crippen molar-refractivity contribution < 1.29 is 9.84 Å². The van der Waals surface area contributed by atoms with Crippen molar-refractivity contribution in [1.29, 1.82) is 0 Å². The Labute approximate surface area is 163 Å². The number of halogens is 1. The molecule has 4 nitrogen and oxygen atoms in total. The molecule has 140 valence electrons. The van der Waals surface area contributed by atoms with Crippen molar-refractivity contribution in [2.45, 2.75) is 56.5 Å². The Morgan fingerprint density at radius 2 is 2.23 bits per heavy atom. The Morgan fingerprint density at radius 1 is 1.35 bits per heavy atom. The third-order valence-electron chi connectivity index (χ3n) is 5.67. The summed E-state index contributed by atoms with van der Waals surface area (Å²) < 4.78 is 6.69. The van der Waals surface area contributed by atoms with E-state index in [1.807, 2.05) is 6.07 Å². The van der Waals surface area contributed by atoms with Gasteiger partial charge in [0.25, 0.3) is 0 Å². The maximum absolute atomic E-state index is 9.52. The molecular formula is C20H25ClN2O2S. The van der Waals surface area contributed by atoms with Gasteiger partial charge in [-0.15, -0.1) is 11.3 Å². The number of hydrogen-bond acceptors (Lipinski definition) is 5. The molecule has 4 rings (SSSR count). The number of aromatic nitrogens is 1. The lowest BCUT2D eigenvalue weighted by molar-refractivity contribution is 0.123.